The van der Waals surface area contributed by atoms with Crippen LogP contribution >= 0.6 is 12.6 Å². The molecule has 1 aromatic heterocycles. The molecule has 0 saturated carbocycles. The van der Waals surface area contributed by atoms with Crippen molar-refractivity contribution in [3.8, 4) is 0 Å². The van der Waals surface area contributed by atoms with E-state index >= 15 is 0 Å². The second-order valence-corrected chi connectivity index (χ2v) is 2.48. The molecule has 1 aromatic rings. The summed E-state index contributed by atoms with van der Waals surface area (Å²) in [7, 11) is 0. The summed E-state index contributed by atoms with van der Waals surface area (Å²) in [5, 5.41) is 0. The Morgan fingerprint density at radius 2 is 2.27 bits per heavy atom. The van der Waals surface area contributed by atoms with Gasteiger partial charge in [0.1, 0.15) is 5.56 Å². The Morgan fingerprint density at radius 1 is 1.64 bits per heavy atom. The van der Waals surface area contributed by atoms with E-state index in [1.165, 1.54) is 12.3 Å². The van der Waals surface area contributed by atoms with Gasteiger partial charge in [-0.15, -0.1) is 12.6 Å². The molecule has 0 radical (unpaired) electrons. The number of aromatic amines is 1. The number of nitrogens with one attached hydrogen (secondary N) is 1. The molecule has 3 N–H and O–H groups in total. The number of pyridine rings is 1. The molecule has 5 heteroatoms. The van der Waals surface area contributed by atoms with Gasteiger partial charge in [-0.05, 0) is 6.07 Å². The summed E-state index contributed by atoms with van der Waals surface area (Å²) in [5.74, 6) is -0.748. The van der Waals surface area contributed by atoms with E-state index < -0.39 is 11.5 Å². The predicted molar refractivity (Wildman–Crippen MR) is 42.8 cm³/mol. The van der Waals surface area contributed by atoms with Crippen molar-refractivity contribution in [3.05, 3.63) is 28.2 Å². The van der Waals surface area contributed by atoms with Gasteiger partial charge in [-0.1, -0.05) is 0 Å². The van der Waals surface area contributed by atoms with E-state index in [1.54, 1.807) is 0 Å². The number of hydrogen-bond acceptors (Lipinski definition) is 3. The highest BCUT2D eigenvalue weighted by Crippen LogP contribution is 2.01. The SMILES string of the molecule is NC(=O)c1cc(S)c[nH]c1=O. The zero-order chi connectivity index (χ0) is 8.43. The van der Waals surface area contributed by atoms with Gasteiger partial charge in [-0.3, -0.25) is 9.59 Å². The van der Waals surface area contributed by atoms with Crippen LogP contribution in [0.2, 0.25) is 0 Å². The van der Waals surface area contributed by atoms with Gasteiger partial charge in [0.15, 0.2) is 0 Å². The molecule has 0 fully saturated rings. The highest BCUT2D eigenvalue weighted by Gasteiger charge is 2.04. The van der Waals surface area contributed by atoms with E-state index in [9.17, 15) is 9.59 Å². The lowest BCUT2D eigenvalue weighted by Gasteiger charge is -1.93. The molecule has 0 atom stereocenters. The van der Waals surface area contributed by atoms with Crippen molar-refractivity contribution in [2.45, 2.75) is 4.90 Å². The average molecular weight is 170 g/mol. The molecule has 0 aliphatic carbocycles. The number of thiol groups is 1. The molecule has 0 aliphatic rings. The van der Waals surface area contributed by atoms with E-state index in [-0.39, 0.29) is 5.56 Å². The number of carbonyl (C=O) groups is 1. The number of nitrogens with two attached hydrogens (primary N) is 1. The molecule has 1 heterocycles. The zero-order valence-electron chi connectivity index (χ0n) is 5.50. The Balaban J connectivity index is 3.35. The minimum absolute atomic E-state index is 0.0718. The number of hydrogen-bond donors (Lipinski definition) is 3. The summed E-state index contributed by atoms with van der Waals surface area (Å²) >= 11 is 3.92. The van der Waals surface area contributed by atoms with Gasteiger partial charge in [0.2, 0.25) is 0 Å². The lowest BCUT2D eigenvalue weighted by Crippen LogP contribution is -2.22. The topological polar surface area (TPSA) is 76.0 Å². The van der Waals surface area contributed by atoms with Crippen LogP contribution in [0.25, 0.3) is 0 Å². The van der Waals surface area contributed by atoms with Crippen molar-refractivity contribution in [3.63, 3.8) is 0 Å². The molecule has 1 amide bonds. The number of rotatable bonds is 1. The lowest BCUT2D eigenvalue weighted by atomic mass is 10.3. The van der Waals surface area contributed by atoms with E-state index in [0.717, 1.165) is 0 Å². The molecule has 58 valence electrons. The van der Waals surface area contributed by atoms with Gasteiger partial charge in [0.25, 0.3) is 11.5 Å². The number of amides is 1. The van der Waals surface area contributed by atoms with Crippen molar-refractivity contribution in [2.24, 2.45) is 5.73 Å². The van der Waals surface area contributed by atoms with Crippen molar-refractivity contribution >= 4 is 18.5 Å². The standard InChI is InChI=1S/C6H6N2O2S/c7-5(9)4-1-3(11)2-8-6(4)10/h1-2,11H,(H2,7,9)(H,8,10). The summed E-state index contributed by atoms with van der Waals surface area (Å²) in [5.41, 5.74) is 4.33. The number of aromatic nitrogens is 1. The van der Waals surface area contributed by atoms with Gasteiger partial charge in [0, 0.05) is 11.1 Å². The van der Waals surface area contributed by atoms with Gasteiger partial charge in [-0.2, -0.15) is 0 Å². The average Bonchev–Trinajstić information content (AvgIpc) is 1.94. The van der Waals surface area contributed by atoms with E-state index in [4.69, 9.17) is 5.73 Å². The third-order valence-electron chi connectivity index (χ3n) is 1.15. The Bertz CT molecular complexity index is 345. The molecule has 1 rings (SSSR count). The quantitative estimate of drug-likeness (QED) is 0.509. The third-order valence-corrected chi connectivity index (χ3v) is 1.41. The molecule has 0 bridgehead atoms. The van der Waals surface area contributed by atoms with Crippen molar-refractivity contribution < 1.29 is 4.79 Å². The first-order chi connectivity index (χ1) is 5.11. The Labute approximate surface area is 67.8 Å². The fraction of sp³-hybridized carbons (Fsp3) is 0. The monoisotopic (exact) mass is 170 g/mol. The van der Waals surface area contributed by atoms with Crippen LogP contribution in [0.5, 0.6) is 0 Å². The fourth-order valence-electron chi connectivity index (χ4n) is 0.655. The maximum atomic E-state index is 10.8. The van der Waals surface area contributed by atoms with Crippen LogP contribution in [0.15, 0.2) is 22.0 Å². The molecule has 0 saturated heterocycles. The summed E-state index contributed by atoms with van der Waals surface area (Å²) in [6.45, 7) is 0. The normalized spacial score (nSPS) is 9.55. The van der Waals surface area contributed by atoms with Crippen LogP contribution in [0.3, 0.4) is 0 Å². The summed E-state index contributed by atoms with van der Waals surface area (Å²) < 4.78 is 0. The fourth-order valence-corrected chi connectivity index (χ4v) is 0.849. The Morgan fingerprint density at radius 3 is 2.73 bits per heavy atom. The van der Waals surface area contributed by atoms with Crippen molar-refractivity contribution in [2.75, 3.05) is 0 Å². The first kappa shape index (κ1) is 7.87. The first-order valence-electron chi connectivity index (χ1n) is 2.83. The zero-order valence-corrected chi connectivity index (χ0v) is 6.39. The van der Waals surface area contributed by atoms with Crippen LogP contribution < -0.4 is 11.3 Å². The molecular formula is C6H6N2O2S. The Hall–Kier alpha value is -1.23. The van der Waals surface area contributed by atoms with E-state index in [1.807, 2.05) is 0 Å². The van der Waals surface area contributed by atoms with Gasteiger partial charge in [-0.25, -0.2) is 0 Å². The molecule has 0 unspecified atom stereocenters. The smallest absolute Gasteiger partial charge is 0.260 e. The van der Waals surface area contributed by atoms with Crippen LogP contribution in [0.1, 0.15) is 10.4 Å². The van der Waals surface area contributed by atoms with Crippen LogP contribution in [-0.4, -0.2) is 10.9 Å². The molecule has 4 nitrogen and oxygen atoms in total. The minimum Gasteiger partial charge on any atom is -0.365 e. The molecule has 0 aromatic carbocycles. The summed E-state index contributed by atoms with van der Waals surface area (Å²) in [6.07, 6.45) is 1.39. The lowest BCUT2D eigenvalue weighted by molar-refractivity contribution is 0.0998. The highest BCUT2D eigenvalue weighted by atomic mass is 32.1. The van der Waals surface area contributed by atoms with E-state index in [2.05, 4.69) is 17.6 Å². The molecule has 0 aliphatic heterocycles. The number of primary amides is 1. The maximum absolute atomic E-state index is 10.8. The van der Waals surface area contributed by atoms with Crippen LogP contribution in [0.4, 0.5) is 0 Å². The Kier molecular flexibility index (Phi) is 2.00. The third kappa shape index (κ3) is 1.62. The maximum Gasteiger partial charge on any atom is 0.260 e. The first-order valence-corrected chi connectivity index (χ1v) is 3.27. The van der Waals surface area contributed by atoms with Gasteiger partial charge >= 0.3 is 0 Å². The molecule has 0 spiro atoms. The largest absolute Gasteiger partial charge is 0.365 e. The molecular weight excluding hydrogens is 164 g/mol. The van der Waals surface area contributed by atoms with E-state index in [0.29, 0.717) is 4.90 Å². The summed E-state index contributed by atoms with van der Waals surface area (Å²) in [4.78, 5) is 24.2. The predicted octanol–water partition coefficient (Wildman–Crippen LogP) is -0.237. The minimum atomic E-state index is -0.748. The molecule has 11 heavy (non-hydrogen) atoms. The summed E-state index contributed by atoms with van der Waals surface area (Å²) in [6, 6.07) is 1.32. The van der Waals surface area contributed by atoms with Crippen LogP contribution in [-0.2, 0) is 0 Å². The van der Waals surface area contributed by atoms with Gasteiger partial charge < -0.3 is 10.7 Å². The highest BCUT2D eigenvalue weighted by molar-refractivity contribution is 7.80. The number of H-pyrrole nitrogens is 1. The van der Waals surface area contributed by atoms with Crippen molar-refractivity contribution in [1.29, 1.82) is 0 Å². The van der Waals surface area contributed by atoms with Gasteiger partial charge in [0.05, 0.1) is 0 Å². The van der Waals surface area contributed by atoms with Crippen LogP contribution in [0, 0.1) is 0 Å². The van der Waals surface area contributed by atoms with Crippen molar-refractivity contribution in [1.82, 2.24) is 4.98 Å². The second kappa shape index (κ2) is 2.79. The second-order valence-electron chi connectivity index (χ2n) is 1.96. The number of carbonyl (C=O) groups excluding carboxylic acids is 1.